The molecule has 1 fully saturated rings. The van der Waals surface area contributed by atoms with E-state index in [0.717, 1.165) is 16.0 Å². The van der Waals surface area contributed by atoms with Gasteiger partial charge < -0.3 is 9.47 Å². The third-order valence-electron chi connectivity index (χ3n) is 3.59. The summed E-state index contributed by atoms with van der Waals surface area (Å²) in [6, 6.07) is 0. The van der Waals surface area contributed by atoms with Crippen LogP contribution in [-0.2, 0) is 27.3 Å². The van der Waals surface area contributed by atoms with Crippen molar-refractivity contribution in [1.82, 2.24) is 0 Å². The molecule has 18 heavy (non-hydrogen) atoms. The van der Waals surface area contributed by atoms with Gasteiger partial charge in [0.25, 0.3) is 0 Å². The minimum absolute atomic E-state index is 0.373. The van der Waals surface area contributed by atoms with E-state index in [9.17, 15) is 9.32 Å². The van der Waals surface area contributed by atoms with Crippen LogP contribution >= 0.6 is 11.3 Å². The summed E-state index contributed by atoms with van der Waals surface area (Å²) in [7, 11) is 0. The molecule has 2 aliphatic rings. The maximum atomic E-state index is 12.1. The van der Waals surface area contributed by atoms with Crippen molar-refractivity contribution >= 4 is 17.3 Å². The zero-order chi connectivity index (χ0) is 12.8. The van der Waals surface area contributed by atoms with Crippen LogP contribution in [0.25, 0.3) is 0 Å². The maximum absolute atomic E-state index is 12.1. The Bertz CT molecular complexity index is 491. The highest BCUT2D eigenvalue weighted by Gasteiger charge is 2.42. The summed E-state index contributed by atoms with van der Waals surface area (Å²) in [6.07, 6.45) is 1.98. The van der Waals surface area contributed by atoms with E-state index in [1.807, 2.05) is 6.92 Å². The Labute approximate surface area is 108 Å². The highest BCUT2D eigenvalue weighted by molar-refractivity contribution is 7.14. The standard InChI is InChI=1S/C12H13FO4S/c1-7-9-6-12(15-4-5-16-12)3-2-8(9)10(18-7)11(14)17-13/h2-6H2,1H3. The molecule has 1 spiro atoms. The fourth-order valence-electron chi connectivity index (χ4n) is 2.74. The van der Waals surface area contributed by atoms with Gasteiger partial charge in [-0.05, 0) is 24.5 Å². The Hall–Kier alpha value is -0.980. The predicted octanol–water partition coefficient (Wildman–Crippen LogP) is 2.33. The van der Waals surface area contributed by atoms with Crippen molar-refractivity contribution in [3.63, 3.8) is 0 Å². The normalized spacial score (nSPS) is 21.0. The first kappa shape index (κ1) is 12.1. The predicted molar refractivity (Wildman–Crippen MR) is 62.2 cm³/mol. The number of thiophene rings is 1. The minimum atomic E-state index is -0.895. The first-order chi connectivity index (χ1) is 8.65. The summed E-state index contributed by atoms with van der Waals surface area (Å²) in [5.41, 5.74) is 1.94. The molecule has 0 atom stereocenters. The number of ether oxygens (including phenoxy) is 2. The molecule has 6 heteroatoms. The van der Waals surface area contributed by atoms with E-state index in [0.29, 0.717) is 37.4 Å². The van der Waals surface area contributed by atoms with E-state index in [4.69, 9.17) is 9.47 Å². The lowest BCUT2D eigenvalue weighted by Crippen LogP contribution is -2.37. The first-order valence-corrected chi connectivity index (χ1v) is 6.69. The second-order valence-electron chi connectivity index (χ2n) is 4.59. The first-order valence-electron chi connectivity index (χ1n) is 5.87. The number of fused-ring (bicyclic) bond motifs is 1. The molecular weight excluding hydrogens is 259 g/mol. The summed E-state index contributed by atoms with van der Waals surface area (Å²) >= 11 is 1.28. The molecule has 0 N–H and O–H groups in total. The van der Waals surface area contributed by atoms with Crippen LogP contribution in [0.4, 0.5) is 4.53 Å². The van der Waals surface area contributed by atoms with Crippen LogP contribution in [0.1, 0.15) is 32.1 Å². The SMILES string of the molecule is Cc1sc(C(=O)OF)c2c1CC1(CC2)OCCO1. The molecule has 1 aliphatic heterocycles. The van der Waals surface area contributed by atoms with Gasteiger partial charge in [-0.15, -0.1) is 11.3 Å². The Morgan fingerprint density at radius 3 is 2.78 bits per heavy atom. The summed E-state index contributed by atoms with van der Waals surface area (Å²) < 4.78 is 23.4. The van der Waals surface area contributed by atoms with Crippen LogP contribution in [0.3, 0.4) is 0 Å². The molecule has 0 aromatic carbocycles. The van der Waals surface area contributed by atoms with Crippen molar-refractivity contribution in [3.8, 4) is 0 Å². The summed E-state index contributed by atoms with van der Waals surface area (Å²) in [5, 5.41) is 0. The molecule has 0 unspecified atom stereocenters. The van der Waals surface area contributed by atoms with Crippen molar-refractivity contribution in [1.29, 1.82) is 0 Å². The number of halogens is 1. The zero-order valence-corrected chi connectivity index (χ0v) is 10.8. The van der Waals surface area contributed by atoms with E-state index in [2.05, 4.69) is 4.94 Å². The van der Waals surface area contributed by atoms with Crippen LogP contribution in [0.15, 0.2) is 0 Å². The van der Waals surface area contributed by atoms with Crippen molar-refractivity contribution in [2.24, 2.45) is 0 Å². The molecule has 2 heterocycles. The van der Waals surface area contributed by atoms with Crippen molar-refractivity contribution in [2.75, 3.05) is 13.2 Å². The molecule has 3 rings (SSSR count). The van der Waals surface area contributed by atoms with Crippen molar-refractivity contribution in [2.45, 2.75) is 32.0 Å². The number of carbonyl (C=O) groups excluding carboxylic acids is 1. The lowest BCUT2D eigenvalue weighted by molar-refractivity contribution is -0.163. The van der Waals surface area contributed by atoms with E-state index in [-0.39, 0.29) is 0 Å². The van der Waals surface area contributed by atoms with Gasteiger partial charge >= 0.3 is 5.97 Å². The lowest BCUT2D eigenvalue weighted by atomic mass is 9.87. The van der Waals surface area contributed by atoms with E-state index >= 15 is 0 Å². The molecule has 1 aromatic heterocycles. The smallest absolute Gasteiger partial charge is 0.347 e. The third kappa shape index (κ3) is 1.75. The Kier molecular flexibility index (Phi) is 2.88. The van der Waals surface area contributed by atoms with Gasteiger partial charge in [-0.1, -0.05) is 0 Å². The van der Waals surface area contributed by atoms with Crippen LogP contribution < -0.4 is 0 Å². The van der Waals surface area contributed by atoms with Gasteiger partial charge in [0.2, 0.25) is 0 Å². The van der Waals surface area contributed by atoms with Crippen molar-refractivity contribution in [3.05, 3.63) is 20.9 Å². The molecule has 4 nitrogen and oxygen atoms in total. The number of aryl methyl sites for hydroxylation is 1. The van der Waals surface area contributed by atoms with E-state index in [1.54, 1.807) is 0 Å². The van der Waals surface area contributed by atoms with Gasteiger partial charge in [-0.3, -0.25) is 0 Å². The molecule has 1 aliphatic carbocycles. The zero-order valence-electron chi connectivity index (χ0n) is 9.95. The average molecular weight is 272 g/mol. The number of carbonyl (C=O) groups is 1. The summed E-state index contributed by atoms with van der Waals surface area (Å²) in [6.45, 7) is 3.14. The van der Waals surface area contributed by atoms with Crippen LogP contribution in [0, 0.1) is 6.92 Å². The van der Waals surface area contributed by atoms with E-state index < -0.39 is 11.8 Å². The molecule has 0 amide bonds. The Morgan fingerprint density at radius 1 is 1.39 bits per heavy atom. The Morgan fingerprint density at radius 2 is 2.11 bits per heavy atom. The molecule has 98 valence electrons. The molecule has 1 aromatic rings. The number of hydrogen-bond donors (Lipinski definition) is 0. The van der Waals surface area contributed by atoms with Gasteiger partial charge in [0, 0.05) is 22.2 Å². The molecule has 0 saturated carbocycles. The van der Waals surface area contributed by atoms with Crippen LogP contribution in [-0.4, -0.2) is 25.0 Å². The van der Waals surface area contributed by atoms with Crippen LogP contribution in [0.2, 0.25) is 0 Å². The second kappa shape index (κ2) is 4.29. The average Bonchev–Trinajstić information content (AvgIpc) is 2.95. The maximum Gasteiger partial charge on any atom is 0.389 e. The van der Waals surface area contributed by atoms with E-state index in [1.165, 1.54) is 11.3 Å². The minimum Gasteiger partial charge on any atom is -0.347 e. The highest BCUT2D eigenvalue weighted by atomic mass is 32.1. The highest BCUT2D eigenvalue weighted by Crippen LogP contribution is 2.41. The van der Waals surface area contributed by atoms with Gasteiger partial charge in [0.1, 0.15) is 4.88 Å². The monoisotopic (exact) mass is 272 g/mol. The fraction of sp³-hybridized carbons (Fsp3) is 0.583. The van der Waals surface area contributed by atoms with Gasteiger partial charge in [-0.2, -0.15) is 0 Å². The second-order valence-corrected chi connectivity index (χ2v) is 5.82. The van der Waals surface area contributed by atoms with Gasteiger partial charge in [-0.25, -0.2) is 9.74 Å². The van der Waals surface area contributed by atoms with Gasteiger partial charge in [0.15, 0.2) is 5.79 Å². The van der Waals surface area contributed by atoms with Crippen LogP contribution in [0.5, 0.6) is 0 Å². The number of rotatable bonds is 1. The summed E-state index contributed by atoms with van der Waals surface area (Å²) in [4.78, 5) is 16.1. The largest absolute Gasteiger partial charge is 0.389 e. The third-order valence-corrected chi connectivity index (χ3v) is 4.76. The molecule has 0 bridgehead atoms. The lowest BCUT2D eigenvalue weighted by Gasteiger charge is -2.32. The fourth-order valence-corrected chi connectivity index (χ4v) is 3.83. The molecule has 1 saturated heterocycles. The quantitative estimate of drug-likeness (QED) is 0.787. The summed E-state index contributed by atoms with van der Waals surface area (Å²) in [5.74, 6) is -1.43. The van der Waals surface area contributed by atoms with Gasteiger partial charge in [0.05, 0.1) is 13.2 Å². The number of hydrogen-bond acceptors (Lipinski definition) is 5. The Balaban J connectivity index is 1.97. The topological polar surface area (TPSA) is 44.8 Å². The molecule has 0 radical (unpaired) electrons. The van der Waals surface area contributed by atoms with Crippen molar-refractivity contribution < 1.29 is 23.7 Å². The molecular formula is C12H13FO4S.